The largest absolute Gasteiger partial charge is 0.444 e. The molecule has 2 aliphatic heterocycles. The first-order chi connectivity index (χ1) is 14.7. The first kappa shape index (κ1) is 23.1. The van der Waals surface area contributed by atoms with Crippen LogP contribution in [0, 0.1) is 5.92 Å². The van der Waals surface area contributed by atoms with Gasteiger partial charge in [-0.05, 0) is 51.3 Å². The highest BCUT2D eigenvalue weighted by atomic mass is 16.6. The van der Waals surface area contributed by atoms with E-state index in [0.29, 0.717) is 51.5 Å². The molecule has 1 aromatic rings. The quantitative estimate of drug-likeness (QED) is 0.791. The van der Waals surface area contributed by atoms with E-state index >= 15 is 0 Å². The second-order valence-electron chi connectivity index (χ2n) is 9.08. The van der Waals surface area contributed by atoms with Gasteiger partial charge in [-0.1, -0.05) is 12.1 Å². The summed E-state index contributed by atoms with van der Waals surface area (Å²) in [5.74, 6) is -0.312. The smallest absolute Gasteiger partial charge is 0.410 e. The number of benzene rings is 1. The second kappa shape index (κ2) is 10.1. The van der Waals surface area contributed by atoms with Gasteiger partial charge in [-0.2, -0.15) is 0 Å². The summed E-state index contributed by atoms with van der Waals surface area (Å²) in [5, 5.41) is 2.96. The molecule has 8 heteroatoms. The number of nitrogens with zero attached hydrogens (tertiary/aromatic N) is 2. The summed E-state index contributed by atoms with van der Waals surface area (Å²) in [6, 6.07) is 7.32. The number of amides is 3. The molecule has 3 rings (SSSR count). The van der Waals surface area contributed by atoms with E-state index in [1.165, 1.54) is 0 Å². The van der Waals surface area contributed by atoms with Crippen molar-refractivity contribution >= 4 is 17.9 Å². The highest BCUT2D eigenvalue weighted by Crippen LogP contribution is 2.20. The summed E-state index contributed by atoms with van der Waals surface area (Å²) in [4.78, 5) is 40.9. The number of likely N-dealkylation sites (tertiary alicyclic amines) is 1. The van der Waals surface area contributed by atoms with E-state index in [1.54, 1.807) is 21.9 Å². The molecule has 170 valence electrons. The van der Waals surface area contributed by atoms with Crippen molar-refractivity contribution in [3.05, 3.63) is 35.4 Å². The van der Waals surface area contributed by atoms with Gasteiger partial charge in [0.05, 0.1) is 19.1 Å². The maximum Gasteiger partial charge on any atom is 0.410 e. The summed E-state index contributed by atoms with van der Waals surface area (Å²) in [7, 11) is 0. The predicted molar refractivity (Wildman–Crippen MR) is 116 cm³/mol. The maximum absolute atomic E-state index is 12.6. The third-order valence-corrected chi connectivity index (χ3v) is 5.41. The molecule has 0 radical (unpaired) electrons. The van der Waals surface area contributed by atoms with Gasteiger partial charge >= 0.3 is 6.09 Å². The number of nitrogens with one attached hydrogen (secondary N) is 1. The van der Waals surface area contributed by atoms with Gasteiger partial charge in [0.15, 0.2) is 0 Å². The summed E-state index contributed by atoms with van der Waals surface area (Å²) >= 11 is 0. The predicted octanol–water partition coefficient (Wildman–Crippen LogP) is 2.42. The van der Waals surface area contributed by atoms with Crippen LogP contribution in [0.3, 0.4) is 0 Å². The van der Waals surface area contributed by atoms with Crippen LogP contribution in [0.4, 0.5) is 4.79 Å². The van der Waals surface area contributed by atoms with Crippen LogP contribution in [-0.2, 0) is 20.8 Å². The zero-order valence-electron chi connectivity index (χ0n) is 18.7. The van der Waals surface area contributed by atoms with Crippen LogP contribution < -0.4 is 5.32 Å². The summed E-state index contributed by atoms with van der Waals surface area (Å²) in [6.07, 6.45) is 1.15. The number of piperidine rings is 1. The molecule has 0 aliphatic carbocycles. The van der Waals surface area contributed by atoms with Gasteiger partial charge in [0.25, 0.3) is 5.91 Å². The fourth-order valence-corrected chi connectivity index (χ4v) is 3.73. The molecule has 0 bridgehead atoms. The lowest BCUT2D eigenvalue weighted by atomic mass is 9.97. The second-order valence-corrected chi connectivity index (χ2v) is 9.08. The highest BCUT2D eigenvalue weighted by Gasteiger charge is 2.31. The van der Waals surface area contributed by atoms with E-state index in [-0.39, 0.29) is 23.8 Å². The minimum absolute atomic E-state index is 0.00308. The van der Waals surface area contributed by atoms with Crippen molar-refractivity contribution in [2.45, 2.75) is 45.8 Å². The Morgan fingerprint density at radius 1 is 1.06 bits per heavy atom. The topological polar surface area (TPSA) is 88.2 Å². The Labute approximate surface area is 183 Å². The van der Waals surface area contributed by atoms with Crippen LogP contribution in [0.15, 0.2) is 24.3 Å². The van der Waals surface area contributed by atoms with E-state index in [1.807, 2.05) is 32.9 Å². The van der Waals surface area contributed by atoms with Gasteiger partial charge in [0, 0.05) is 38.3 Å². The molecule has 0 aromatic heterocycles. The minimum Gasteiger partial charge on any atom is -0.444 e. The zero-order valence-corrected chi connectivity index (χ0v) is 18.7. The molecule has 0 saturated carbocycles. The molecule has 8 nitrogen and oxygen atoms in total. The van der Waals surface area contributed by atoms with E-state index < -0.39 is 5.60 Å². The third-order valence-electron chi connectivity index (χ3n) is 5.41. The van der Waals surface area contributed by atoms with Gasteiger partial charge in [0.2, 0.25) is 5.91 Å². The Kier molecular flexibility index (Phi) is 7.54. The lowest BCUT2D eigenvalue weighted by molar-refractivity contribution is -0.126. The van der Waals surface area contributed by atoms with Crippen LogP contribution in [0.1, 0.15) is 49.5 Å². The molecule has 0 spiro atoms. The van der Waals surface area contributed by atoms with Crippen molar-refractivity contribution in [1.29, 1.82) is 0 Å². The lowest BCUT2D eigenvalue weighted by Gasteiger charge is -2.33. The number of rotatable bonds is 4. The molecular weight excluding hydrogens is 398 g/mol. The fourth-order valence-electron chi connectivity index (χ4n) is 3.73. The maximum atomic E-state index is 12.6. The summed E-state index contributed by atoms with van der Waals surface area (Å²) in [6.45, 7) is 9.22. The van der Waals surface area contributed by atoms with Crippen LogP contribution >= 0.6 is 0 Å². The Morgan fingerprint density at radius 2 is 1.74 bits per heavy atom. The summed E-state index contributed by atoms with van der Waals surface area (Å²) in [5.41, 5.74) is 1.01. The van der Waals surface area contributed by atoms with Gasteiger partial charge < -0.3 is 24.6 Å². The number of carbonyl (C=O) groups is 3. The molecule has 31 heavy (non-hydrogen) atoms. The first-order valence-corrected chi connectivity index (χ1v) is 10.9. The van der Waals surface area contributed by atoms with Crippen LogP contribution in [0.25, 0.3) is 0 Å². The standard InChI is InChI=1S/C23H33N3O5/c1-23(2,3)31-22(29)26-10-4-5-19(16-26)20(27)24-15-17-6-8-18(9-7-17)21(28)25-11-13-30-14-12-25/h6-9,19H,4-5,10-16H2,1-3H3,(H,24,27)/t19-/m1/s1. The monoisotopic (exact) mass is 431 g/mol. The van der Waals surface area contributed by atoms with Crippen molar-refractivity contribution in [2.75, 3.05) is 39.4 Å². The van der Waals surface area contributed by atoms with Crippen molar-refractivity contribution in [2.24, 2.45) is 5.92 Å². The van der Waals surface area contributed by atoms with Crippen molar-refractivity contribution in [3.63, 3.8) is 0 Å². The van der Waals surface area contributed by atoms with Crippen molar-refractivity contribution < 1.29 is 23.9 Å². The van der Waals surface area contributed by atoms with E-state index in [9.17, 15) is 14.4 Å². The first-order valence-electron chi connectivity index (χ1n) is 10.9. The molecular formula is C23H33N3O5. The van der Waals surface area contributed by atoms with Gasteiger partial charge in [-0.25, -0.2) is 4.79 Å². The molecule has 3 amide bonds. The Balaban J connectivity index is 1.48. The highest BCUT2D eigenvalue weighted by molar-refractivity contribution is 5.94. The molecule has 0 unspecified atom stereocenters. The van der Waals surface area contributed by atoms with Gasteiger partial charge in [-0.3, -0.25) is 9.59 Å². The normalized spacial score (nSPS) is 19.6. The number of ether oxygens (including phenoxy) is 2. The molecule has 1 atom stereocenters. The van der Waals surface area contributed by atoms with Gasteiger partial charge in [-0.15, -0.1) is 0 Å². The number of hydrogen-bond donors (Lipinski definition) is 1. The number of carbonyl (C=O) groups excluding carboxylic acids is 3. The number of hydrogen-bond acceptors (Lipinski definition) is 5. The molecule has 1 aromatic carbocycles. The minimum atomic E-state index is -0.554. The van der Waals surface area contributed by atoms with E-state index in [0.717, 1.165) is 18.4 Å². The lowest BCUT2D eigenvalue weighted by Crippen LogP contribution is -2.46. The SMILES string of the molecule is CC(C)(C)OC(=O)N1CCC[C@@H](C(=O)NCc2ccc(C(=O)N3CCOCC3)cc2)C1. The Hall–Kier alpha value is -2.61. The Morgan fingerprint density at radius 3 is 2.39 bits per heavy atom. The molecule has 2 saturated heterocycles. The van der Waals surface area contributed by atoms with Crippen molar-refractivity contribution in [3.8, 4) is 0 Å². The third kappa shape index (κ3) is 6.69. The molecule has 2 aliphatic rings. The van der Waals surface area contributed by atoms with E-state index in [4.69, 9.17) is 9.47 Å². The van der Waals surface area contributed by atoms with Crippen LogP contribution in [0.2, 0.25) is 0 Å². The Bertz CT molecular complexity index is 781. The molecule has 2 fully saturated rings. The van der Waals surface area contributed by atoms with Crippen LogP contribution in [0.5, 0.6) is 0 Å². The number of morpholine rings is 1. The average Bonchev–Trinajstić information content (AvgIpc) is 2.77. The van der Waals surface area contributed by atoms with E-state index in [2.05, 4.69) is 5.32 Å². The zero-order chi connectivity index (χ0) is 22.4. The van der Waals surface area contributed by atoms with Crippen LogP contribution in [-0.4, -0.2) is 72.7 Å². The molecule has 2 heterocycles. The fraction of sp³-hybridized carbons (Fsp3) is 0.609. The summed E-state index contributed by atoms with van der Waals surface area (Å²) < 4.78 is 10.7. The van der Waals surface area contributed by atoms with Gasteiger partial charge in [0.1, 0.15) is 5.60 Å². The average molecular weight is 432 g/mol. The molecule has 1 N–H and O–H groups in total. The van der Waals surface area contributed by atoms with Crippen molar-refractivity contribution in [1.82, 2.24) is 15.1 Å².